The molecular weight excluding hydrogens is 224 g/mol. The van der Waals surface area contributed by atoms with Crippen molar-refractivity contribution in [2.24, 2.45) is 5.92 Å². The van der Waals surface area contributed by atoms with Gasteiger partial charge in [-0.25, -0.2) is 9.78 Å². The van der Waals surface area contributed by atoms with E-state index in [2.05, 4.69) is 4.98 Å². The molecule has 1 aromatic heterocycles. The molecule has 0 radical (unpaired) electrons. The minimum Gasteiger partial charge on any atom is -0.462 e. The van der Waals surface area contributed by atoms with E-state index < -0.39 is 0 Å². The van der Waals surface area contributed by atoms with Crippen LogP contribution in [0.25, 0.3) is 5.57 Å². The summed E-state index contributed by atoms with van der Waals surface area (Å²) >= 11 is 1.31. The van der Waals surface area contributed by atoms with Crippen molar-refractivity contribution in [3.05, 3.63) is 17.2 Å². The number of nitrogen functional groups attached to an aromatic ring is 1. The number of carbonyl (C=O) groups is 1. The average Bonchev–Trinajstić information content (AvgIpc) is 2.61. The molecule has 0 aliphatic carbocycles. The molecule has 16 heavy (non-hydrogen) atoms. The van der Waals surface area contributed by atoms with Crippen molar-refractivity contribution >= 4 is 28.0 Å². The van der Waals surface area contributed by atoms with Gasteiger partial charge in [-0.3, -0.25) is 0 Å². The molecule has 0 fully saturated rings. The van der Waals surface area contributed by atoms with Gasteiger partial charge in [0.05, 0.1) is 17.9 Å². The van der Waals surface area contributed by atoms with Crippen LogP contribution in [0.2, 0.25) is 0 Å². The van der Waals surface area contributed by atoms with Gasteiger partial charge in [-0.1, -0.05) is 19.9 Å². The standard InChI is InChI=1S/C11H16N2O2S/c1-4-15-10(14)8(5-7(2)3)9-6-16-11(12)13-9/h5-7H,4H2,1-3H3,(H2,12,13)/b8-5+. The van der Waals surface area contributed by atoms with Crippen LogP contribution in [0.15, 0.2) is 11.5 Å². The smallest absolute Gasteiger partial charge is 0.340 e. The first-order chi connectivity index (χ1) is 7.54. The number of carbonyl (C=O) groups excluding carboxylic acids is 1. The lowest BCUT2D eigenvalue weighted by atomic mass is 10.1. The molecule has 0 bridgehead atoms. The van der Waals surface area contributed by atoms with Gasteiger partial charge in [-0.2, -0.15) is 0 Å². The minimum atomic E-state index is -0.346. The summed E-state index contributed by atoms with van der Waals surface area (Å²) in [5.74, 6) is -0.0937. The second kappa shape index (κ2) is 5.65. The van der Waals surface area contributed by atoms with Crippen LogP contribution < -0.4 is 5.73 Å². The SMILES string of the molecule is CCOC(=O)/C(=C/C(C)C)c1csc(N)n1. The molecule has 88 valence electrons. The molecule has 4 nitrogen and oxygen atoms in total. The maximum absolute atomic E-state index is 11.7. The lowest BCUT2D eigenvalue weighted by Gasteiger charge is -2.05. The van der Waals surface area contributed by atoms with Crippen LogP contribution in [0.3, 0.4) is 0 Å². The molecule has 1 aromatic rings. The number of hydrogen-bond acceptors (Lipinski definition) is 5. The number of ether oxygens (including phenoxy) is 1. The van der Waals surface area contributed by atoms with E-state index in [1.54, 1.807) is 12.3 Å². The summed E-state index contributed by atoms with van der Waals surface area (Å²) in [6.07, 6.45) is 1.84. The van der Waals surface area contributed by atoms with E-state index >= 15 is 0 Å². The summed E-state index contributed by atoms with van der Waals surface area (Å²) in [5.41, 5.74) is 6.63. The van der Waals surface area contributed by atoms with E-state index in [4.69, 9.17) is 10.5 Å². The molecule has 1 rings (SSSR count). The molecule has 0 spiro atoms. The molecule has 0 aromatic carbocycles. The van der Waals surface area contributed by atoms with Crippen LogP contribution in [0.4, 0.5) is 5.13 Å². The van der Waals surface area contributed by atoms with E-state index in [-0.39, 0.29) is 11.9 Å². The number of hydrogen-bond donors (Lipinski definition) is 1. The van der Waals surface area contributed by atoms with Crippen LogP contribution >= 0.6 is 11.3 Å². The van der Waals surface area contributed by atoms with Crippen molar-refractivity contribution in [3.8, 4) is 0 Å². The fourth-order valence-electron chi connectivity index (χ4n) is 1.21. The molecule has 0 atom stereocenters. The lowest BCUT2D eigenvalue weighted by molar-refractivity contribution is -0.136. The van der Waals surface area contributed by atoms with Gasteiger partial charge in [0, 0.05) is 5.38 Å². The van der Waals surface area contributed by atoms with Crippen molar-refractivity contribution in [1.82, 2.24) is 4.98 Å². The summed E-state index contributed by atoms with van der Waals surface area (Å²) in [4.78, 5) is 15.8. The Hall–Kier alpha value is -1.36. The zero-order valence-electron chi connectivity index (χ0n) is 9.69. The molecule has 1 heterocycles. The van der Waals surface area contributed by atoms with Gasteiger partial charge in [0.25, 0.3) is 0 Å². The molecule has 0 aliphatic heterocycles. The van der Waals surface area contributed by atoms with Crippen molar-refractivity contribution in [1.29, 1.82) is 0 Å². The van der Waals surface area contributed by atoms with Crippen molar-refractivity contribution in [2.75, 3.05) is 12.3 Å². The van der Waals surface area contributed by atoms with E-state index in [9.17, 15) is 4.79 Å². The first-order valence-electron chi connectivity index (χ1n) is 5.15. The Morgan fingerprint density at radius 2 is 2.38 bits per heavy atom. The van der Waals surface area contributed by atoms with E-state index in [0.29, 0.717) is 23.0 Å². The number of nitrogens with two attached hydrogens (primary N) is 1. The zero-order chi connectivity index (χ0) is 12.1. The first-order valence-corrected chi connectivity index (χ1v) is 6.02. The molecule has 0 saturated carbocycles. The zero-order valence-corrected chi connectivity index (χ0v) is 10.5. The van der Waals surface area contributed by atoms with Crippen LogP contribution in [0.5, 0.6) is 0 Å². The van der Waals surface area contributed by atoms with Gasteiger partial charge in [-0.15, -0.1) is 11.3 Å². The molecule has 2 N–H and O–H groups in total. The van der Waals surface area contributed by atoms with E-state index in [0.717, 1.165) is 0 Å². The number of rotatable bonds is 4. The Bertz CT molecular complexity index is 396. The third kappa shape index (κ3) is 3.34. The van der Waals surface area contributed by atoms with Gasteiger partial charge in [-0.05, 0) is 12.8 Å². The molecular formula is C11H16N2O2S. The van der Waals surface area contributed by atoms with Crippen molar-refractivity contribution in [3.63, 3.8) is 0 Å². The molecule has 0 aliphatic rings. The highest BCUT2D eigenvalue weighted by Gasteiger charge is 2.16. The molecule has 0 saturated heterocycles. The van der Waals surface area contributed by atoms with Crippen LogP contribution in [0, 0.1) is 5.92 Å². The van der Waals surface area contributed by atoms with E-state index in [1.807, 2.05) is 19.9 Å². The maximum atomic E-state index is 11.7. The highest BCUT2D eigenvalue weighted by Crippen LogP contribution is 2.22. The Balaban J connectivity index is 3.01. The topological polar surface area (TPSA) is 65.2 Å². The first kappa shape index (κ1) is 12.7. The highest BCUT2D eigenvalue weighted by molar-refractivity contribution is 7.13. The summed E-state index contributed by atoms with van der Waals surface area (Å²) in [6, 6.07) is 0. The monoisotopic (exact) mass is 240 g/mol. The second-order valence-corrected chi connectivity index (χ2v) is 4.51. The molecule has 0 amide bonds. The number of esters is 1. The van der Waals surface area contributed by atoms with Gasteiger partial charge < -0.3 is 10.5 Å². The van der Waals surface area contributed by atoms with Gasteiger partial charge in [0.2, 0.25) is 0 Å². The Kier molecular flexibility index (Phi) is 4.49. The van der Waals surface area contributed by atoms with Gasteiger partial charge >= 0.3 is 5.97 Å². The normalized spacial score (nSPS) is 11.9. The van der Waals surface area contributed by atoms with Crippen molar-refractivity contribution < 1.29 is 9.53 Å². The Morgan fingerprint density at radius 3 is 2.81 bits per heavy atom. The third-order valence-corrected chi connectivity index (χ3v) is 2.47. The van der Waals surface area contributed by atoms with Crippen LogP contribution in [0.1, 0.15) is 26.5 Å². The van der Waals surface area contributed by atoms with Crippen LogP contribution in [-0.4, -0.2) is 17.6 Å². The van der Waals surface area contributed by atoms with Gasteiger partial charge in [0.1, 0.15) is 0 Å². The predicted molar refractivity (Wildman–Crippen MR) is 66.0 cm³/mol. The van der Waals surface area contributed by atoms with Crippen molar-refractivity contribution in [2.45, 2.75) is 20.8 Å². The second-order valence-electron chi connectivity index (χ2n) is 3.62. The predicted octanol–water partition coefficient (Wildman–Crippen LogP) is 2.33. The average molecular weight is 240 g/mol. The number of anilines is 1. The van der Waals surface area contributed by atoms with E-state index in [1.165, 1.54) is 11.3 Å². The highest BCUT2D eigenvalue weighted by atomic mass is 32.1. The van der Waals surface area contributed by atoms with Gasteiger partial charge in [0.15, 0.2) is 5.13 Å². The molecule has 0 unspecified atom stereocenters. The molecule has 5 heteroatoms. The fraction of sp³-hybridized carbons (Fsp3) is 0.455. The Labute approximate surface area is 99.1 Å². The summed E-state index contributed by atoms with van der Waals surface area (Å²) in [5, 5.41) is 2.22. The number of aromatic nitrogens is 1. The quantitative estimate of drug-likeness (QED) is 0.648. The minimum absolute atomic E-state index is 0.252. The summed E-state index contributed by atoms with van der Waals surface area (Å²) < 4.78 is 4.99. The Morgan fingerprint density at radius 1 is 1.69 bits per heavy atom. The lowest BCUT2D eigenvalue weighted by Crippen LogP contribution is -2.08. The number of nitrogens with zero attached hydrogens (tertiary/aromatic N) is 1. The summed E-state index contributed by atoms with van der Waals surface area (Å²) in [7, 11) is 0. The van der Waals surface area contributed by atoms with Crippen LogP contribution in [-0.2, 0) is 9.53 Å². The summed E-state index contributed by atoms with van der Waals surface area (Å²) in [6.45, 7) is 6.12. The fourth-order valence-corrected chi connectivity index (χ4v) is 1.77. The number of allylic oxidation sites excluding steroid dienone is 1. The number of thiazole rings is 1. The maximum Gasteiger partial charge on any atom is 0.340 e. The largest absolute Gasteiger partial charge is 0.462 e. The third-order valence-electron chi connectivity index (χ3n) is 1.79.